The normalized spacial score (nSPS) is 14.8. The van der Waals surface area contributed by atoms with Gasteiger partial charge >= 0.3 is 0 Å². The summed E-state index contributed by atoms with van der Waals surface area (Å²) in [6, 6.07) is 11.4. The van der Waals surface area contributed by atoms with Gasteiger partial charge < -0.3 is 0 Å². The Morgan fingerprint density at radius 3 is 2.59 bits per heavy atom. The summed E-state index contributed by atoms with van der Waals surface area (Å²) in [5, 5.41) is 0. The van der Waals surface area contributed by atoms with E-state index in [0.29, 0.717) is 11.4 Å². The molecule has 0 aromatic heterocycles. The predicted molar refractivity (Wildman–Crippen MR) is 92.9 cm³/mol. The number of anilines is 1. The highest BCUT2D eigenvalue weighted by atomic mass is 79.9. The summed E-state index contributed by atoms with van der Waals surface area (Å²) in [7, 11) is -3.54. The molecule has 0 N–H and O–H groups in total. The summed E-state index contributed by atoms with van der Waals surface area (Å²) in [6.07, 6.45) is 1.78. The lowest BCUT2D eigenvalue weighted by Crippen LogP contribution is -2.35. The maximum absolute atomic E-state index is 13.1. The SMILES string of the molecule is Cc1cc(C)c(S(=O)(=O)N2CCCc3ccccc32)cc1Br. The number of nitrogens with zero attached hydrogens (tertiary/aromatic N) is 1. The van der Waals surface area contributed by atoms with Crippen molar-refractivity contribution >= 4 is 31.6 Å². The maximum atomic E-state index is 13.1. The van der Waals surface area contributed by atoms with Crippen molar-refractivity contribution in [3.05, 3.63) is 57.6 Å². The van der Waals surface area contributed by atoms with Gasteiger partial charge in [-0.25, -0.2) is 8.42 Å². The van der Waals surface area contributed by atoms with Gasteiger partial charge in [0.15, 0.2) is 0 Å². The Hall–Kier alpha value is -1.33. The number of halogens is 1. The molecule has 0 unspecified atom stereocenters. The Kier molecular flexibility index (Phi) is 4.03. The topological polar surface area (TPSA) is 37.4 Å². The number of fused-ring (bicyclic) bond motifs is 1. The van der Waals surface area contributed by atoms with Gasteiger partial charge in [-0.3, -0.25) is 4.31 Å². The minimum Gasteiger partial charge on any atom is -0.266 e. The van der Waals surface area contributed by atoms with Gasteiger partial charge in [0.05, 0.1) is 10.6 Å². The molecule has 1 heterocycles. The van der Waals surface area contributed by atoms with E-state index in [1.54, 1.807) is 10.4 Å². The van der Waals surface area contributed by atoms with Gasteiger partial charge in [-0.1, -0.05) is 40.2 Å². The van der Waals surface area contributed by atoms with Crippen LogP contribution in [0.15, 0.2) is 45.8 Å². The summed E-state index contributed by atoms with van der Waals surface area (Å²) in [6.45, 7) is 4.34. The first-order valence-corrected chi connectivity index (χ1v) is 9.52. The highest BCUT2D eigenvalue weighted by molar-refractivity contribution is 9.10. The van der Waals surface area contributed by atoms with Gasteiger partial charge in [0, 0.05) is 11.0 Å². The highest BCUT2D eigenvalue weighted by Crippen LogP contribution is 2.34. The fourth-order valence-electron chi connectivity index (χ4n) is 2.95. The van der Waals surface area contributed by atoms with E-state index >= 15 is 0 Å². The van der Waals surface area contributed by atoms with Crippen LogP contribution in [0.5, 0.6) is 0 Å². The number of rotatable bonds is 2. The van der Waals surface area contributed by atoms with E-state index in [1.165, 1.54) is 0 Å². The molecule has 0 aliphatic carbocycles. The lowest BCUT2D eigenvalue weighted by molar-refractivity contribution is 0.586. The average molecular weight is 380 g/mol. The van der Waals surface area contributed by atoms with Crippen molar-refractivity contribution in [3.63, 3.8) is 0 Å². The molecule has 3 rings (SSSR count). The molecular formula is C17H18BrNO2S. The molecule has 0 atom stereocenters. The van der Waals surface area contributed by atoms with Crippen LogP contribution in [-0.2, 0) is 16.4 Å². The molecule has 5 heteroatoms. The Bertz CT molecular complexity index is 831. The molecule has 0 radical (unpaired) electrons. The van der Waals surface area contributed by atoms with E-state index in [-0.39, 0.29) is 0 Å². The Balaban J connectivity index is 2.14. The van der Waals surface area contributed by atoms with Crippen LogP contribution in [0.3, 0.4) is 0 Å². The Morgan fingerprint density at radius 2 is 1.82 bits per heavy atom. The molecule has 116 valence electrons. The van der Waals surface area contributed by atoms with Crippen LogP contribution in [0.25, 0.3) is 0 Å². The van der Waals surface area contributed by atoms with Crippen LogP contribution in [-0.4, -0.2) is 15.0 Å². The number of aryl methyl sites for hydroxylation is 3. The van der Waals surface area contributed by atoms with Crippen LogP contribution >= 0.6 is 15.9 Å². The second-order valence-corrected chi connectivity index (χ2v) is 8.36. The van der Waals surface area contributed by atoms with Gasteiger partial charge in [-0.2, -0.15) is 0 Å². The first-order chi connectivity index (χ1) is 10.4. The molecular weight excluding hydrogens is 362 g/mol. The minimum atomic E-state index is -3.54. The van der Waals surface area contributed by atoms with Crippen molar-refractivity contribution < 1.29 is 8.42 Å². The van der Waals surface area contributed by atoms with Crippen molar-refractivity contribution in [3.8, 4) is 0 Å². The zero-order chi connectivity index (χ0) is 15.9. The zero-order valence-electron chi connectivity index (χ0n) is 12.6. The first-order valence-electron chi connectivity index (χ1n) is 7.28. The van der Waals surface area contributed by atoms with Gasteiger partial charge in [-0.15, -0.1) is 0 Å². The Morgan fingerprint density at radius 1 is 1.09 bits per heavy atom. The number of hydrogen-bond donors (Lipinski definition) is 0. The summed E-state index contributed by atoms with van der Waals surface area (Å²) in [5.41, 5.74) is 3.73. The standard InChI is InChI=1S/C17H18BrNO2S/c1-12-10-13(2)17(11-15(12)18)22(20,21)19-9-5-7-14-6-3-4-8-16(14)19/h3-4,6,8,10-11H,5,7,9H2,1-2H3. The monoisotopic (exact) mass is 379 g/mol. The van der Waals surface area contributed by atoms with E-state index in [2.05, 4.69) is 15.9 Å². The van der Waals surface area contributed by atoms with Gasteiger partial charge in [0.2, 0.25) is 0 Å². The van der Waals surface area contributed by atoms with E-state index in [1.807, 2.05) is 44.2 Å². The molecule has 3 nitrogen and oxygen atoms in total. The molecule has 0 saturated carbocycles. The Labute approximate surface area is 140 Å². The lowest BCUT2D eigenvalue weighted by atomic mass is 10.0. The summed E-state index contributed by atoms with van der Waals surface area (Å²) < 4.78 is 28.7. The zero-order valence-corrected chi connectivity index (χ0v) is 15.0. The smallest absolute Gasteiger partial charge is 0.264 e. The van der Waals surface area contributed by atoms with Gasteiger partial charge in [-0.05, 0) is 55.5 Å². The molecule has 2 aromatic carbocycles. The number of para-hydroxylation sites is 1. The lowest BCUT2D eigenvalue weighted by Gasteiger charge is -2.31. The van der Waals surface area contributed by atoms with Crippen LogP contribution in [0.1, 0.15) is 23.1 Å². The number of hydrogen-bond acceptors (Lipinski definition) is 2. The average Bonchev–Trinajstić information content (AvgIpc) is 2.50. The third kappa shape index (κ3) is 2.57. The summed E-state index contributed by atoms with van der Waals surface area (Å²) in [5.74, 6) is 0. The minimum absolute atomic E-state index is 0.377. The van der Waals surface area contributed by atoms with E-state index < -0.39 is 10.0 Å². The van der Waals surface area contributed by atoms with Crippen molar-refractivity contribution in [1.29, 1.82) is 0 Å². The predicted octanol–water partition coefficient (Wildman–Crippen LogP) is 4.21. The molecule has 0 spiro atoms. The molecule has 1 aliphatic rings. The molecule has 0 saturated heterocycles. The molecule has 0 fully saturated rings. The van der Waals surface area contributed by atoms with E-state index in [9.17, 15) is 8.42 Å². The highest BCUT2D eigenvalue weighted by Gasteiger charge is 2.30. The number of sulfonamides is 1. The maximum Gasteiger partial charge on any atom is 0.264 e. The number of benzene rings is 2. The third-order valence-corrected chi connectivity index (χ3v) is 6.90. The van der Waals surface area contributed by atoms with E-state index in [0.717, 1.165) is 39.7 Å². The molecule has 0 bridgehead atoms. The molecule has 2 aromatic rings. The quantitative estimate of drug-likeness (QED) is 0.783. The third-order valence-electron chi connectivity index (χ3n) is 4.09. The summed E-state index contributed by atoms with van der Waals surface area (Å²) >= 11 is 3.45. The largest absolute Gasteiger partial charge is 0.266 e. The van der Waals surface area contributed by atoms with Crippen LogP contribution in [0.4, 0.5) is 5.69 Å². The van der Waals surface area contributed by atoms with Crippen molar-refractivity contribution in [2.45, 2.75) is 31.6 Å². The van der Waals surface area contributed by atoms with Crippen LogP contribution in [0.2, 0.25) is 0 Å². The van der Waals surface area contributed by atoms with Gasteiger partial charge in [0.25, 0.3) is 10.0 Å². The fraction of sp³-hybridized carbons (Fsp3) is 0.294. The van der Waals surface area contributed by atoms with Crippen LogP contribution in [0, 0.1) is 13.8 Å². The van der Waals surface area contributed by atoms with E-state index in [4.69, 9.17) is 0 Å². The van der Waals surface area contributed by atoms with Crippen molar-refractivity contribution in [2.75, 3.05) is 10.8 Å². The molecule has 22 heavy (non-hydrogen) atoms. The van der Waals surface area contributed by atoms with Crippen LogP contribution < -0.4 is 4.31 Å². The van der Waals surface area contributed by atoms with Gasteiger partial charge in [0.1, 0.15) is 0 Å². The first kappa shape index (κ1) is 15.6. The van der Waals surface area contributed by atoms with Crippen molar-refractivity contribution in [1.82, 2.24) is 0 Å². The second-order valence-electron chi connectivity index (χ2n) is 5.68. The summed E-state index contributed by atoms with van der Waals surface area (Å²) in [4.78, 5) is 0.377. The second kappa shape index (κ2) is 5.70. The molecule has 1 aliphatic heterocycles. The molecule has 0 amide bonds. The fourth-order valence-corrected chi connectivity index (χ4v) is 5.22. The van der Waals surface area contributed by atoms with Crippen molar-refractivity contribution in [2.24, 2.45) is 0 Å².